The number of rotatable bonds is 6. The van der Waals surface area contributed by atoms with Gasteiger partial charge in [0, 0.05) is 16.6 Å². The molecule has 1 aromatic rings. The van der Waals surface area contributed by atoms with E-state index in [4.69, 9.17) is 22.1 Å². The van der Waals surface area contributed by atoms with Gasteiger partial charge in [0.2, 0.25) is 0 Å². The lowest BCUT2D eigenvalue weighted by atomic mass is 10.0. The minimum absolute atomic E-state index is 0.113. The second-order valence-electron chi connectivity index (χ2n) is 4.33. The molecule has 0 aromatic heterocycles. The topological polar surface area (TPSA) is 35.2 Å². The highest BCUT2D eigenvalue weighted by atomic mass is 35.5. The highest BCUT2D eigenvalue weighted by Crippen LogP contribution is 2.28. The number of halogens is 1. The van der Waals surface area contributed by atoms with E-state index >= 15 is 0 Å². The minimum atomic E-state index is 0.113. The van der Waals surface area contributed by atoms with Gasteiger partial charge in [-0.3, -0.25) is 0 Å². The molecule has 0 amide bonds. The first-order valence-corrected chi connectivity index (χ1v) is 6.22. The molecule has 0 fully saturated rings. The molecule has 0 radical (unpaired) electrons. The van der Waals surface area contributed by atoms with Crippen molar-refractivity contribution in [1.29, 1.82) is 0 Å². The van der Waals surface area contributed by atoms with Gasteiger partial charge in [0.05, 0.1) is 0 Å². The second kappa shape index (κ2) is 6.67. The smallest absolute Gasteiger partial charge is 0.124 e. The van der Waals surface area contributed by atoms with Crippen LogP contribution in [0.2, 0.25) is 5.02 Å². The van der Waals surface area contributed by atoms with E-state index in [1.807, 2.05) is 25.1 Å². The molecule has 0 bridgehead atoms. The normalized spacial score (nSPS) is 12.2. The van der Waals surface area contributed by atoms with E-state index in [9.17, 15) is 0 Å². The van der Waals surface area contributed by atoms with Crippen molar-refractivity contribution >= 4 is 11.6 Å². The minimum Gasteiger partial charge on any atom is -0.489 e. The Morgan fingerprint density at radius 3 is 2.82 bits per heavy atom. The molecule has 2 nitrogen and oxygen atoms in total. The van der Waals surface area contributed by atoms with E-state index in [0.29, 0.717) is 11.6 Å². The zero-order chi connectivity index (χ0) is 12.8. The van der Waals surface area contributed by atoms with Crippen molar-refractivity contribution in [2.75, 3.05) is 6.61 Å². The van der Waals surface area contributed by atoms with Crippen molar-refractivity contribution in [2.45, 2.75) is 32.7 Å². The van der Waals surface area contributed by atoms with Gasteiger partial charge in [-0.15, -0.1) is 0 Å². The third-order valence-electron chi connectivity index (χ3n) is 2.54. The van der Waals surface area contributed by atoms with Crippen LogP contribution in [0.1, 0.15) is 25.8 Å². The molecule has 0 aliphatic rings. The van der Waals surface area contributed by atoms with Crippen LogP contribution in [0.3, 0.4) is 0 Å². The molecule has 0 saturated heterocycles. The Balaban J connectivity index is 2.87. The molecule has 2 N–H and O–H groups in total. The maximum absolute atomic E-state index is 6.19. The van der Waals surface area contributed by atoms with Gasteiger partial charge in [0.15, 0.2) is 0 Å². The van der Waals surface area contributed by atoms with Gasteiger partial charge in [-0.2, -0.15) is 0 Å². The van der Waals surface area contributed by atoms with Crippen LogP contribution < -0.4 is 10.5 Å². The molecular weight excluding hydrogens is 234 g/mol. The summed E-state index contributed by atoms with van der Waals surface area (Å²) in [5.41, 5.74) is 7.94. The van der Waals surface area contributed by atoms with Gasteiger partial charge >= 0.3 is 0 Å². The lowest BCUT2D eigenvalue weighted by Gasteiger charge is -2.15. The van der Waals surface area contributed by atoms with E-state index in [0.717, 1.165) is 29.7 Å². The largest absolute Gasteiger partial charge is 0.489 e. The first-order chi connectivity index (χ1) is 8.04. The number of ether oxygens (including phenoxy) is 1. The van der Waals surface area contributed by atoms with Gasteiger partial charge < -0.3 is 10.5 Å². The average Bonchev–Trinajstić information content (AvgIpc) is 2.29. The van der Waals surface area contributed by atoms with Gasteiger partial charge in [-0.1, -0.05) is 31.2 Å². The van der Waals surface area contributed by atoms with Crippen molar-refractivity contribution in [3.63, 3.8) is 0 Å². The van der Waals surface area contributed by atoms with Gasteiger partial charge in [-0.05, 0) is 37.5 Å². The highest BCUT2D eigenvalue weighted by Gasteiger charge is 2.11. The van der Waals surface area contributed by atoms with Crippen LogP contribution in [-0.4, -0.2) is 12.6 Å². The summed E-state index contributed by atoms with van der Waals surface area (Å²) in [5, 5.41) is 0.716. The maximum atomic E-state index is 6.19. The predicted molar refractivity (Wildman–Crippen MR) is 73.7 cm³/mol. The number of hydrogen-bond donors (Lipinski definition) is 1. The molecule has 1 aromatic carbocycles. The van der Waals surface area contributed by atoms with E-state index in [1.54, 1.807) is 0 Å². The fourth-order valence-corrected chi connectivity index (χ4v) is 1.72. The van der Waals surface area contributed by atoms with Crippen LogP contribution in [0.25, 0.3) is 0 Å². The summed E-state index contributed by atoms with van der Waals surface area (Å²) in [5.74, 6) is 0.810. The Hall–Kier alpha value is -0.990. The quantitative estimate of drug-likeness (QED) is 0.787. The summed E-state index contributed by atoms with van der Waals surface area (Å²) in [4.78, 5) is 0. The molecule has 1 unspecified atom stereocenters. The molecule has 1 atom stereocenters. The number of benzene rings is 1. The SMILES string of the molecule is C=C(C)COc1cccc(Cl)c1CC(N)CC. The van der Waals surface area contributed by atoms with Gasteiger partial charge in [-0.25, -0.2) is 0 Å². The summed E-state index contributed by atoms with van der Waals surface area (Å²) in [6.45, 7) is 8.32. The predicted octanol–water partition coefficient (Wildman–Crippen LogP) is 3.57. The third-order valence-corrected chi connectivity index (χ3v) is 2.89. The Kier molecular flexibility index (Phi) is 5.52. The van der Waals surface area contributed by atoms with Crippen LogP contribution in [-0.2, 0) is 6.42 Å². The summed E-state index contributed by atoms with van der Waals surface area (Å²) in [6, 6.07) is 5.79. The van der Waals surface area contributed by atoms with Crippen molar-refractivity contribution in [3.05, 3.63) is 40.9 Å². The van der Waals surface area contributed by atoms with Crippen LogP contribution in [0.5, 0.6) is 5.75 Å². The van der Waals surface area contributed by atoms with Gasteiger partial charge in [0.1, 0.15) is 12.4 Å². The van der Waals surface area contributed by atoms with Gasteiger partial charge in [0.25, 0.3) is 0 Å². The molecule has 1 rings (SSSR count). The van der Waals surface area contributed by atoms with Crippen LogP contribution >= 0.6 is 11.6 Å². The fourth-order valence-electron chi connectivity index (χ4n) is 1.48. The van der Waals surface area contributed by atoms with Crippen molar-refractivity contribution in [1.82, 2.24) is 0 Å². The van der Waals surface area contributed by atoms with Crippen LogP contribution in [0.4, 0.5) is 0 Å². The first-order valence-electron chi connectivity index (χ1n) is 5.84. The summed E-state index contributed by atoms with van der Waals surface area (Å²) in [7, 11) is 0. The lowest BCUT2D eigenvalue weighted by molar-refractivity contribution is 0.347. The zero-order valence-corrected chi connectivity index (χ0v) is 11.3. The van der Waals surface area contributed by atoms with E-state index in [-0.39, 0.29) is 6.04 Å². The monoisotopic (exact) mass is 253 g/mol. The Morgan fingerprint density at radius 1 is 1.53 bits per heavy atom. The molecule has 0 heterocycles. The van der Waals surface area contributed by atoms with E-state index in [1.165, 1.54) is 0 Å². The van der Waals surface area contributed by atoms with Crippen LogP contribution in [0, 0.1) is 0 Å². The Morgan fingerprint density at radius 2 is 2.24 bits per heavy atom. The number of hydrogen-bond acceptors (Lipinski definition) is 2. The molecule has 0 saturated carbocycles. The summed E-state index contributed by atoms with van der Waals surface area (Å²) >= 11 is 6.19. The summed E-state index contributed by atoms with van der Waals surface area (Å²) < 4.78 is 5.69. The molecule has 0 spiro atoms. The molecule has 0 aliphatic heterocycles. The standard InChI is InChI=1S/C14H20ClNO/c1-4-11(16)8-12-13(15)6-5-7-14(12)17-9-10(2)3/h5-7,11H,2,4,8-9,16H2,1,3H3. The first kappa shape index (κ1) is 14.1. The van der Waals surface area contributed by atoms with E-state index < -0.39 is 0 Å². The molecule has 0 aliphatic carbocycles. The Bertz CT molecular complexity index is 390. The van der Waals surface area contributed by atoms with Crippen LogP contribution in [0.15, 0.2) is 30.4 Å². The second-order valence-corrected chi connectivity index (χ2v) is 4.74. The van der Waals surface area contributed by atoms with Crippen molar-refractivity contribution in [2.24, 2.45) is 5.73 Å². The molecular formula is C14H20ClNO. The third kappa shape index (κ3) is 4.41. The zero-order valence-electron chi connectivity index (χ0n) is 10.5. The maximum Gasteiger partial charge on any atom is 0.124 e. The van der Waals surface area contributed by atoms with Crippen molar-refractivity contribution in [3.8, 4) is 5.75 Å². The van der Waals surface area contributed by atoms with Crippen molar-refractivity contribution < 1.29 is 4.74 Å². The lowest BCUT2D eigenvalue weighted by Crippen LogP contribution is -2.22. The fraction of sp³-hybridized carbons (Fsp3) is 0.429. The number of nitrogens with two attached hydrogens (primary N) is 1. The average molecular weight is 254 g/mol. The Labute approximate surface area is 108 Å². The summed E-state index contributed by atoms with van der Waals surface area (Å²) in [6.07, 6.45) is 1.66. The highest BCUT2D eigenvalue weighted by molar-refractivity contribution is 6.31. The molecule has 94 valence electrons. The van der Waals surface area contributed by atoms with E-state index in [2.05, 4.69) is 13.5 Å². The molecule has 17 heavy (non-hydrogen) atoms. The molecule has 3 heteroatoms.